The van der Waals surface area contributed by atoms with Crippen LogP contribution in [0.4, 0.5) is 16.5 Å². The van der Waals surface area contributed by atoms with Crippen LogP contribution in [0.25, 0.3) is 10.2 Å². The molecule has 0 aliphatic carbocycles. The molecule has 1 aliphatic rings. The van der Waals surface area contributed by atoms with E-state index in [1.807, 2.05) is 67.4 Å². The van der Waals surface area contributed by atoms with Crippen LogP contribution in [0.2, 0.25) is 0 Å². The number of likely N-dealkylation sites (N-methyl/N-ethyl adjacent to an activating group) is 1. The lowest BCUT2D eigenvalue weighted by Crippen LogP contribution is -2.44. The Balaban J connectivity index is 1.60. The summed E-state index contributed by atoms with van der Waals surface area (Å²) in [5.41, 5.74) is 2.33. The first-order valence-electron chi connectivity index (χ1n) is 8.80. The smallest absolute Gasteiger partial charge is 0.246 e. The van der Waals surface area contributed by atoms with Crippen LogP contribution in [0.15, 0.2) is 48.5 Å². The molecule has 7 heteroatoms. The molecule has 0 fully saturated rings. The van der Waals surface area contributed by atoms with E-state index in [0.29, 0.717) is 5.69 Å². The minimum Gasteiger partial charge on any atom is -0.342 e. The Morgan fingerprint density at radius 2 is 2.00 bits per heavy atom. The Morgan fingerprint density at radius 3 is 2.81 bits per heavy atom. The maximum absolute atomic E-state index is 13.2. The van der Waals surface area contributed by atoms with Gasteiger partial charge >= 0.3 is 0 Å². The summed E-state index contributed by atoms with van der Waals surface area (Å²) in [6.45, 7) is 2.09. The molecule has 0 spiro atoms. The number of anilines is 3. The number of nitrogens with zero attached hydrogens (tertiary/aromatic N) is 3. The number of thiazole rings is 1. The van der Waals surface area contributed by atoms with Gasteiger partial charge in [-0.05, 0) is 31.2 Å². The molecular weight excluding hydrogens is 360 g/mol. The highest BCUT2D eigenvalue weighted by Gasteiger charge is 2.30. The number of carbonyl (C=O) groups is 2. The Labute approximate surface area is 161 Å². The van der Waals surface area contributed by atoms with Crippen LogP contribution < -0.4 is 15.1 Å². The second-order valence-electron chi connectivity index (χ2n) is 6.70. The lowest BCUT2D eigenvalue weighted by Gasteiger charge is -2.29. The predicted molar refractivity (Wildman–Crippen MR) is 110 cm³/mol. The van der Waals surface area contributed by atoms with E-state index < -0.39 is 0 Å². The minimum absolute atomic E-state index is 0.0618. The number of aromatic nitrogens is 1. The van der Waals surface area contributed by atoms with Crippen LogP contribution in [-0.4, -0.2) is 36.4 Å². The molecule has 1 atom stereocenters. The Kier molecular flexibility index (Phi) is 4.53. The standard InChI is InChI=1S/C20H20N4O2S/c1-13-11-18(25)21-14-7-3-5-9-16(14)24(13)19(26)12-23(2)20-22-15-8-4-6-10-17(15)27-20/h3-10,13H,11-12H2,1-2H3,(H,21,25)/t13-/m1/s1. The highest BCUT2D eigenvalue weighted by atomic mass is 32.1. The molecule has 3 aromatic rings. The van der Waals surface area contributed by atoms with Crippen LogP contribution in [0.3, 0.4) is 0 Å². The van der Waals surface area contributed by atoms with Gasteiger partial charge in [0.05, 0.1) is 28.1 Å². The molecule has 1 aliphatic heterocycles. The van der Waals surface area contributed by atoms with Crippen LogP contribution in [-0.2, 0) is 9.59 Å². The second kappa shape index (κ2) is 7.00. The fourth-order valence-electron chi connectivity index (χ4n) is 3.34. The molecule has 2 amide bonds. The molecule has 1 aromatic heterocycles. The maximum Gasteiger partial charge on any atom is 0.246 e. The minimum atomic E-state index is -0.218. The van der Waals surface area contributed by atoms with Gasteiger partial charge < -0.3 is 15.1 Å². The zero-order chi connectivity index (χ0) is 19.0. The van der Waals surface area contributed by atoms with E-state index in [9.17, 15) is 9.59 Å². The van der Waals surface area contributed by atoms with Crippen molar-refractivity contribution in [2.75, 3.05) is 28.7 Å². The molecule has 138 valence electrons. The monoisotopic (exact) mass is 380 g/mol. The Hall–Kier alpha value is -2.93. The first-order chi connectivity index (χ1) is 13.0. The topological polar surface area (TPSA) is 65.5 Å². The van der Waals surface area contributed by atoms with Gasteiger partial charge in [0.25, 0.3) is 0 Å². The molecule has 1 N–H and O–H groups in total. The second-order valence-corrected chi connectivity index (χ2v) is 7.71. The predicted octanol–water partition coefficient (Wildman–Crippen LogP) is 3.50. The zero-order valence-electron chi connectivity index (χ0n) is 15.2. The zero-order valence-corrected chi connectivity index (χ0v) is 16.0. The average Bonchev–Trinajstić information content (AvgIpc) is 3.02. The van der Waals surface area contributed by atoms with Crippen molar-refractivity contribution in [1.29, 1.82) is 0 Å². The van der Waals surface area contributed by atoms with Crippen molar-refractivity contribution in [1.82, 2.24) is 4.98 Å². The molecule has 2 heterocycles. The van der Waals surface area contributed by atoms with E-state index in [1.165, 1.54) is 0 Å². The molecule has 0 radical (unpaired) electrons. The van der Waals surface area contributed by atoms with Gasteiger partial charge in [-0.2, -0.15) is 0 Å². The largest absolute Gasteiger partial charge is 0.342 e. The number of hydrogen-bond donors (Lipinski definition) is 1. The number of amides is 2. The highest BCUT2D eigenvalue weighted by Crippen LogP contribution is 2.32. The molecule has 0 saturated carbocycles. The number of para-hydroxylation sites is 3. The lowest BCUT2D eigenvalue weighted by atomic mass is 10.1. The van der Waals surface area contributed by atoms with Crippen molar-refractivity contribution in [2.45, 2.75) is 19.4 Å². The van der Waals surface area contributed by atoms with E-state index in [0.717, 1.165) is 21.0 Å². The van der Waals surface area contributed by atoms with Gasteiger partial charge in [0.2, 0.25) is 11.8 Å². The number of benzene rings is 2. The maximum atomic E-state index is 13.2. The normalized spacial score (nSPS) is 16.6. The first-order valence-corrected chi connectivity index (χ1v) is 9.62. The quantitative estimate of drug-likeness (QED) is 0.755. The van der Waals surface area contributed by atoms with Gasteiger partial charge in [-0.1, -0.05) is 35.6 Å². The summed E-state index contributed by atoms with van der Waals surface area (Å²) in [6.07, 6.45) is 0.269. The van der Waals surface area contributed by atoms with Crippen molar-refractivity contribution < 1.29 is 9.59 Å². The fraction of sp³-hybridized carbons (Fsp3) is 0.250. The van der Waals surface area contributed by atoms with E-state index in [4.69, 9.17) is 0 Å². The third-order valence-corrected chi connectivity index (χ3v) is 5.76. The van der Waals surface area contributed by atoms with Gasteiger partial charge in [-0.15, -0.1) is 0 Å². The van der Waals surface area contributed by atoms with Crippen molar-refractivity contribution in [3.8, 4) is 0 Å². The summed E-state index contributed by atoms with van der Waals surface area (Å²) >= 11 is 1.56. The van der Waals surface area contributed by atoms with Crippen molar-refractivity contribution >= 4 is 49.9 Å². The van der Waals surface area contributed by atoms with Gasteiger partial charge in [0, 0.05) is 19.5 Å². The number of rotatable bonds is 3. The van der Waals surface area contributed by atoms with Crippen LogP contribution in [0.5, 0.6) is 0 Å². The summed E-state index contributed by atoms with van der Waals surface area (Å²) in [7, 11) is 1.87. The fourth-order valence-corrected chi connectivity index (χ4v) is 4.26. The summed E-state index contributed by atoms with van der Waals surface area (Å²) in [4.78, 5) is 33.4. The summed E-state index contributed by atoms with van der Waals surface area (Å²) in [6, 6.07) is 15.1. The summed E-state index contributed by atoms with van der Waals surface area (Å²) in [5, 5.41) is 3.68. The molecule has 27 heavy (non-hydrogen) atoms. The SMILES string of the molecule is C[C@@H]1CC(=O)Nc2ccccc2N1C(=O)CN(C)c1nc2ccccc2s1. The number of carbonyl (C=O) groups excluding carboxylic acids is 2. The Bertz CT molecular complexity index is 983. The van der Waals surface area contributed by atoms with Gasteiger partial charge in [0.15, 0.2) is 5.13 Å². The van der Waals surface area contributed by atoms with Gasteiger partial charge in [-0.25, -0.2) is 4.98 Å². The van der Waals surface area contributed by atoms with Crippen LogP contribution in [0, 0.1) is 0 Å². The van der Waals surface area contributed by atoms with Gasteiger partial charge in [0.1, 0.15) is 0 Å². The third-order valence-electron chi connectivity index (χ3n) is 4.61. The molecule has 2 aromatic carbocycles. The number of nitrogens with one attached hydrogen (secondary N) is 1. The van der Waals surface area contributed by atoms with Gasteiger partial charge in [-0.3, -0.25) is 9.59 Å². The van der Waals surface area contributed by atoms with E-state index in [2.05, 4.69) is 10.3 Å². The highest BCUT2D eigenvalue weighted by molar-refractivity contribution is 7.22. The average molecular weight is 380 g/mol. The van der Waals surface area contributed by atoms with E-state index in [1.54, 1.807) is 16.2 Å². The van der Waals surface area contributed by atoms with E-state index >= 15 is 0 Å². The molecule has 0 unspecified atom stereocenters. The van der Waals surface area contributed by atoms with Crippen molar-refractivity contribution in [3.05, 3.63) is 48.5 Å². The molecule has 0 saturated heterocycles. The number of fused-ring (bicyclic) bond motifs is 2. The first kappa shape index (κ1) is 17.5. The van der Waals surface area contributed by atoms with E-state index in [-0.39, 0.29) is 30.8 Å². The number of hydrogen-bond acceptors (Lipinski definition) is 5. The summed E-state index contributed by atoms with van der Waals surface area (Å²) < 4.78 is 1.09. The molecular formula is C20H20N4O2S. The van der Waals surface area contributed by atoms with Crippen LogP contribution >= 0.6 is 11.3 Å². The third kappa shape index (κ3) is 3.38. The summed E-state index contributed by atoms with van der Waals surface area (Å²) in [5.74, 6) is -0.141. The molecule has 4 rings (SSSR count). The van der Waals surface area contributed by atoms with Crippen molar-refractivity contribution in [2.24, 2.45) is 0 Å². The Morgan fingerprint density at radius 1 is 1.26 bits per heavy atom. The van der Waals surface area contributed by atoms with Crippen LogP contribution in [0.1, 0.15) is 13.3 Å². The van der Waals surface area contributed by atoms with Crippen molar-refractivity contribution in [3.63, 3.8) is 0 Å². The molecule has 6 nitrogen and oxygen atoms in total. The lowest BCUT2D eigenvalue weighted by molar-refractivity contribution is -0.118. The molecule has 0 bridgehead atoms.